The van der Waals surface area contributed by atoms with Crippen LogP contribution in [0.3, 0.4) is 0 Å². The first-order valence-corrected chi connectivity index (χ1v) is 10.0. The molecule has 0 bridgehead atoms. The van der Waals surface area contributed by atoms with Gasteiger partial charge < -0.3 is 4.52 Å². The van der Waals surface area contributed by atoms with Crippen molar-refractivity contribution in [1.82, 2.24) is 19.4 Å². The van der Waals surface area contributed by atoms with E-state index in [-0.39, 0.29) is 5.75 Å². The molecule has 26 heavy (non-hydrogen) atoms. The van der Waals surface area contributed by atoms with E-state index in [1.807, 2.05) is 36.4 Å². The predicted molar refractivity (Wildman–Crippen MR) is 95.3 cm³/mol. The summed E-state index contributed by atoms with van der Waals surface area (Å²) in [6.45, 7) is 0.459. The molecule has 1 aliphatic rings. The molecule has 1 aliphatic heterocycles. The lowest BCUT2D eigenvalue weighted by Gasteiger charge is -2.21. The second kappa shape index (κ2) is 6.97. The van der Waals surface area contributed by atoms with E-state index < -0.39 is 16.1 Å². The molecule has 0 saturated carbocycles. The number of hydrogen-bond acceptors (Lipinski definition) is 6. The van der Waals surface area contributed by atoms with Crippen LogP contribution < -0.4 is 0 Å². The summed E-state index contributed by atoms with van der Waals surface area (Å²) in [7, 11) is -3.48. The number of aromatic nitrogens is 3. The molecule has 3 aromatic rings. The lowest BCUT2D eigenvalue weighted by Crippen LogP contribution is -2.31. The van der Waals surface area contributed by atoms with Gasteiger partial charge in [-0.3, -0.25) is 4.98 Å². The molecule has 0 radical (unpaired) electrons. The maximum Gasteiger partial charge on any atom is 0.245 e. The van der Waals surface area contributed by atoms with Crippen molar-refractivity contribution >= 4 is 10.0 Å². The van der Waals surface area contributed by atoms with Gasteiger partial charge in [-0.2, -0.15) is 9.29 Å². The summed E-state index contributed by atoms with van der Waals surface area (Å²) < 4.78 is 32.6. The van der Waals surface area contributed by atoms with Crippen molar-refractivity contribution in [2.45, 2.75) is 24.6 Å². The summed E-state index contributed by atoms with van der Waals surface area (Å²) in [6.07, 6.45) is 3.08. The minimum Gasteiger partial charge on any atom is -0.337 e. The van der Waals surface area contributed by atoms with Crippen LogP contribution in [0.1, 0.15) is 30.3 Å². The van der Waals surface area contributed by atoms with E-state index in [0.717, 1.165) is 12.0 Å². The number of rotatable bonds is 5. The van der Waals surface area contributed by atoms with Gasteiger partial charge in [0.15, 0.2) is 0 Å². The van der Waals surface area contributed by atoms with Crippen molar-refractivity contribution in [3.05, 3.63) is 66.2 Å². The fourth-order valence-corrected chi connectivity index (χ4v) is 4.93. The summed E-state index contributed by atoms with van der Waals surface area (Å²) in [5.74, 6) is 0.652. The smallest absolute Gasteiger partial charge is 0.245 e. The Hall–Kier alpha value is -2.58. The summed E-state index contributed by atoms with van der Waals surface area (Å²) in [5, 5.41) is 3.96. The molecular formula is C18H18N4O3S. The Labute approximate surface area is 151 Å². The molecule has 1 fully saturated rings. The summed E-state index contributed by atoms with van der Waals surface area (Å²) >= 11 is 0. The molecular weight excluding hydrogens is 352 g/mol. The summed E-state index contributed by atoms with van der Waals surface area (Å²) in [6, 6.07) is 14.2. The molecule has 134 valence electrons. The van der Waals surface area contributed by atoms with E-state index in [2.05, 4.69) is 15.1 Å². The van der Waals surface area contributed by atoms with Crippen LogP contribution in [0.15, 0.2) is 59.3 Å². The van der Waals surface area contributed by atoms with Gasteiger partial charge in [0.25, 0.3) is 0 Å². The summed E-state index contributed by atoms with van der Waals surface area (Å²) in [5.41, 5.74) is 1.36. The van der Waals surface area contributed by atoms with E-state index in [4.69, 9.17) is 4.52 Å². The quantitative estimate of drug-likeness (QED) is 0.686. The SMILES string of the molecule is O=S(=O)(Cc1ccccc1)N1CCC[C@@H]1c1nc(-c2ccccn2)no1. The number of hydrogen-bond donors (Lipinski definition) is 0. The van der Waals surface area contributed by atoms with Gasteiger partial charge in [-0.25, -0.2) is 8.42 Å². The molecule has 1 aromatic carbocycles. The Bertz CT molecular complexity index is 974. The second-order valence-corrected chi connectivity index (χ2v) is 8.10. The third-order valence-electron chi connectivity index (χ3n) is 4.37. The maximum atomic E-state index is 12.9. The van der Waals surface area contributed by atoms with E-state index >= 15 is 0 Å². The first kappa shape index (κ1) is 16.9. The van der Waals surface area contributed by atoms with Crippen molar-refractivity contribution in [3.8, 4) is 11.5 Å². The topological polar surface area (TPSA) is 89.2 Å². The van der Waals surface area contributed by atoms with E-state index in [9.17, 15) is 8.42 Å². The van der Waals surface area contributed by atoms with Crippen LogP contribution in [0.5, 0.6) is 0 Å². The molecule has 0 N–H and O–H groups in total. The Balaban J connectivity index is 1.58. The van der Waals surface area contributed by atoms with Gasteiger partial charge in [0.1, 0.15) is 11.7 Å². The van der Waals surface area contributed by atoms with E-state index in [1.165, 1.54) is 4.31 Å². The van der Waals surface area contributed by atoms with Crippen LogP contribution >= 0.6 is 0 Å². The highest BCUT2D eigenvalue weighted by molar-refractivity contribution is 7.88. The van der Waals surface area contributed by atoms with Crippen LogP contribution in [0.4, 0.5) is 0 Å². The van der Waals surface area contributed by atoms with Gasteiger partial charge in [-0.15, -0.1) is 0 Å². The molecule has 8 heteroatoms. The van der Waals surface area contributed by atoms with Gasteiger partial charge in [-0.1, -0.05) is 41.6 Å². The van der Waals surface area contributed by atoms with Gasteiger partial charge in [0.2, 0.25) is 21.7 Å². The molecule has 0 unspecified atom stereocenters. The summed E-state index contributed by atoms with van der Waals surface area (Å²) in [4.78, 5) is 8.58. The highest BCUT2D eigenvalue weighted by Gasteiger charge is 2.38. The zero-order chi connectivity index (χ0) is 18.0. The van der Waals surface area contributed by atoms with Crippen LogP contribution in [0.2, 0.25) is 0 Å². The fraction of sp³-hybridized carbons (Fsp3) is 0.278. The predicted octanol–water partition coefficient (Wildman–Crippen LogP) is 2.80. The number of pyridine rings is 1. The van der Waals surface area contributed by atoms with Gasteiger partial charge >= 0.3 is 0 Å². The molecule has 4 rings (SSSR count). The third-order valence-corrected chi connectivity index (χ3v) is 6.22. The Morgan fingerprint density at radius 3 is 2.69 bits per heavy atom. The van der Waals surface area contributed by atoms with Crippen LogP contribution in [0, 0.1) is 0 Å². The standard InChI is InChI=1S/C18H18N4O3S/c23-26(24,13-14-7-2-1-3-8-14)22-12-6-10-16(22)18-20-17(21-25-18)15-9-4-5-11-19-15/h1-5,7-9,11,16H,6,10,12-13H2/t16-/m1/s1. The largest absolute Gasteiger partial charge is 0.337 e. The van der Waals surface area contributed by atoms with Crippen molar-refractivity contribution < 1.29 is 12.9 Å². The number of nitrogens with zero attached hydrogens (tertiary/aromatic N) is 4. The van der Waals surface area contributed by atoms with Gasteiger partial charge in [0.05, 0.1) is 5.75 Å². The molecule has 0 spiro atoms. The molecule has 2 aromatic heterocycles. The molecule has 1 atom stereocenters. The third kappa shape index (κ3) is 3.38. The molecule has 0 amide bonds. The van der Waals surface area contributed by atoms with Crippen LogP contribution in [0.25, 0.3) is 11.5 Å². The van der Waals surface area contributed by atoms with Gasteiger partial charge in [-0.05, 0) is 30.5 Å². The minimum absolute atomic E-state index is 0.0361. The molecule has 3 heterocycles. The first-order chi connectivity index (χ1) is 12.6. The van der Waals surface area contributed by atoms with Crippen molar-refractivity contribution in [2.24, 2.45) is 0 Å². The van der Waals surface area contributed by atoms with Crippen LogP contribution in [-0.4, -0.2) is 34.4 Å². The Morgan fingerprint density at radius 1 is 1.12 bits per heavy atom. The normalized spacial score (nSPS) is 18.2. The van der Waals surface area contributed by atoms with E-state index in [1.54, 1.807) is 18.3 Å². The van der Waals surface area contributed by atoms with Crippen molar-refractivity contribution in [2.75, 3.05) is 6.54 Å². The highest BCUT2D eigenvalue weighted by Crippen LogP contribution is 2.35. The average Bonchev–Trinajstić information content (AvgIpc) is 3.32. The van der Waals surface area contributed by atoms with Gasteiger partial charge in [0, 0.05) is 12.7 Å². The molecule has 1 saturated heterocycles. The average molecular weight is 370 g/mol. The zero-order valence-corrected chi connectivity index (χ0v) is 14.8. The lowest BCUT2D eigenvalue weighted by atomic mass is 10.2. The highest BCUT2D eigenvalue weighted by atomic mass is 32.2. The monoisotopic (exact) mass is 370 g/mol. The van der Waals surface area contributed by atoms with E-state index in [0.29, 0.717) is 30.4 Å². The number of sulfonamides is 1. The number of benzene rings is 1. The second-order valence-electron chi connectivity index (χ2n) is 6.18. The van der Waals surface area contributed by atoms with Crippen molar-refractivity contribution in [1.29, 1.82) is 0 Å². The molecule has 0 aliphatic carbocycles. The zero-order valence-electron chi connectivity index (χ0n) is 14.0. The van der Waals surface area contributed by atoms with Crippen molar-refractivity contribution in [3.63, 3.8) is 0 Å². The maximum absolute atomic E-state index is 12.9. The Kier molecular flexibility index (Phi) is 4.52. The first-order valence-electron chi connectivity index (χ1n) is 8.42. The van der Waals surface area contributed by atoms with Crippen LogP contribution in [-0.2, 0) is 15.8 Å². The fourth-order valence-electron chi connectivity index (χ4n) is 3.16. The Morgan fingerprint density at radius 2 is 1.92 bits per heavy atom. The molecule has 7 nitrogen and oxygen atoms in total. The minimum atomic E-state index is -3.48. The lowest BCUT2D eigenvalue weighted by molar-refractivity contribution is 0.290.